The Morgan fingerprint density at radius 1 is 1.04 bits per heavy atom. The number of ketones is 1. The predicted octanol–water partition coefficient (Wildman–Crippen LogP) is 4.73. The Kier molecular flexibility index (Phi) is 6.33. The topological polar surface area (TPSA) is 65.0 Å². The molecule has 132 valence electrons. The third-order valence-electron chi connectivity index (χ3n) is 3.45. The summed E-state index contributed by atoms with van der Waals surface area (Å²) < 4.78 is 16.0. The molecule has 0 radical (unpaired) electrons. The molecular formula is C18H16BrClO5. The Balaban J connectivity index is 2.37. The van der Waals surface area contributed by atoms with Crippen molar-refractivity contribution in [2.45, 2.75) is 0 Å². The lowest BCUT2D eigenvalue weighted by Crippen LogP contribution is -2.00. The molecule has 25 heavy (non-hydrogen) atoms. The number of phenols is 1. The van der Waals surface area contributed by atoms with Crippen molar-refractivity contribution in [3.05, 3.63) is 51.0 Å². The van der Waals surface area contributed by atoms with E-state index in [1.54, 1.807) is 18.2 Å². The quantitative estimate of drug-likeness (QED) is 0.533. The third-order valence-corrected chi connectivity index (χ3v) is 4.43. The number of rotatable bonds is 6. The van der Waals surface area contributed by atoms with Crippen LogP contribution in [0, 0.1) is 0 Å². The molecule has 0 saturated carbocycles. The van der Waals surface area contributed by atoms with Crippen LogP contribution in [0.15, 0.2) is 34.8 Å². The molecule has 0 aliphatic heterocycles. The summed E-state index contributed by atoms with van der Waals surface area (Å²) in [6.07, 6.45) is 2.99. The molecule has 7 heteroatoms. The normalized spacial score (nSPS) is 10.8. The Labute approximate surface area is 158 Å². The Morgan fingerprint density at radius 2 is 1.68 bits per heavy atom. The van der Waals surface area contributed by atoms with Crippen molar-refractivity contribution < 1.29 is 24.1 Å². The van der Waals surface area contributed by atoms with Crippen LogP contribution in [-0.4, -0.2) is 32.2 Å². The summed E-state index contributed by atoms with van der Waals surface area (Å²) in [5.41, 5.74) is 0.980. The van der Waals surface area contributed by atoms with Crippen LogP contribution in [0.1, 0.15) is 15.9 Å². The molecule has 0 aliphatic carbocycles. The highest BCUT2D eigenvalue weighted by Gasteiger charge is 2.15. The number of carbonyl (C=O) groups is 1. The van der Waals surface area contributed by atoms with Crippen LogP contribution in [0.25, 0.3) is 6.08 Å². The first kappa shape index (κ1) is 19.1. The Hall–Kier alpha value is -2.18. The van der Waals surface area contributed by atoms with Gasteiger partial charge in [-0.05, 0) is 35.9 Å². The maximum atomic E-state index is 12.5. The highest BCUT2D eigenvalue weighted by molar-refractivity contribution is 9.10. The summed E-state index contributed by atoms with van der Waals surface area (Å²) in [7, 11) is 4.40. The second-order valence-corrected chi connectivity index (χ2v) is 6.19. The third kappa shape index (κ3) is 4.27. The number of aromatic hydroxyl groups is 1. The van der Waals surface area contributed by atoms with Crippen LogP contribution in [0.4, 0.5) is 0 Å². The number of carbonyl (C=O) groups excluding carboxylic acids is 1. The molecule has 0 bridgehead atoms. The number of methoxy groups -OCH3 is 3. The van der Waals surface area contributed by atoms with E-state index in [9.17, 15) is 9.90 Å². The number of allylic oxidation sites excluding steroid dienone is 1. The van der Waals surface area contributed by atoms with Crippen molar-refractivity contribution in [3.63, 3.8) is 0 Å². The first-order valence-electron chi connectivity index (χ1n) is 7.11. The summed E-state index contributed by atoms with van der Waals surface area (Å²) in [6.45, 7) is 0. The molecule has 0 aliphatic rings. The lowest BCUT2D eigenvalue weighted by atomic mass is 10.1. The van der Waals surface area contributed by atoms with Crippen molar-refractivity contribution >= 4 is 39.4 Å². The van der Waals surface area contributed by atoms with Crippen LogP contribution in [-0.2, 0) is 0 Å². The Bertz CT molecular complexity index is 833. The summed E-state index contributed by atoms with van der Waals surface area (Å²) in [6, 6.07) is 6.16. The number of hydrogen-bond donors (Lipinski definition) is 1. The molecular weight excluding hydrogens is 412 g/mol. The molecule has 2 aromatic carbocycles. The highest BCUT2D eigenvalue weighted by atomic mass is 79.9. The molecule has 2 rings (SSSR count). The van der Waals surface area contributed by atoms with Crippen LogP contribution < -0.4 is 14.2 Å². The van der Waals surface area contributed by atoms with Gasteiger partial charge in [-0.1, -0.05) is 27.5 Å². The van der Waals surface area contributed by atoms with Gasteiger partial charge in [-0.2, -0.15) is 0 Å². The van der Waals surface area contributed by atoms with Gasteiger partial charge in [0.1, 0.15) is 11.5 Å². The van der Waals surface area contributed by atoms with Crippen LogP contribution in [0.2, 0.25) is 5.02 Å². The average molecular weight is 428 g/mol. The second kappa shape index (κ2) is 8.27. The molecule has 0 spiro atoms. The van der Waals surface area contributed by atoms with E-state index in [0.29, 0.717) is 37.9 Å². The van der Waals surface area contributed by atoms with Gasteiger partial charge in [0.15, 0.2) is 17.3 Å². The van der Waals surface area contributed by atoms with E-state index in [1.165, 1.54) is 39.5 Å². The molecule has 5 nitrogen and oxygen atoms in total. The monoisotopic (exact) mass is 426 g/mol. The van der Waals surface area contributed by atoms with Crippen LogP contribution >= 0.6 is 27.5 Å². The van der Waals surface area contributed by atoms with Gasteiger partial charge in [-0.3, -0.25) is 4.79 Å². The minimum absolute atomic E-state index is 0.00135. The number of benzene rings is 2. The molecule has 0 heterocycles. The largest absolute Gasteiger partial charge is 0.504 e. The van der Waals surface area contributed by atoms with Gasteiger partial charge in [-0.25, -0.2) is 0 Å². The van der Waals surface area contributed by atoms with Crippen molar-refractivity contribution in [3.8, 4) is 23.0 Å². The zero-order valence-electron chi connectivity index (χ0n) is 13.8. The summed E-state index contributed by atoms with van der Waals surface area (Å²) in [5, 5.41) is 10.0. The van der Waals surface area contributed by atoms with E-state index in [-0.39, 0.29) is 11.5 Å². The van der Waals surface area contributed by atoms with Gasteiger partial charge >= 0.3 is 0 Å². The molecule has 0 aromatic heterocycles. The van der Waals surface area contributed by atoms with E-state index in [0.717, 1.165) is 0 Å². The molecule has 2 aromatic rings. The fraction of sp³-hybridized carbons (Fsp3) is 0.167. The van der Waals surface area contributed by atoms with Gasteiger partial charge < -0.3 is 19.3 Å². The van der Waals surface area contributed by atoms with E-state index in [4.69, 9.17) is 25.8 Å². The maximum absolute atomic E-state index is 12.5. The van der Waals surface area contributed by atoms with Gasteiger partial charge in [0, 0.05) is 10.5 Å². The molecule has 1 N–H and O–H groups in total. The van der Waals surface area contributed by atoms with Gasteiger partial charge in [-0.15, -0.1) is 0 Å². The van der Waals surface area contributed by atoms with Gasteiger partial charge in [0.2, 0.25) is 0 Å². The first-order valence-corrected chi connectivity index (χ1v) is 8.28. The van der Waals surface area contributed by atoms with E-state index >= 15 is 0 Å². The predicted molar refractivity (Wildman–Crippen MR) is 100 cm³/mol. The second-order valence-electron chi connectivity index (χ2n) is 4.93. The molecule has 0 unspecified atom stereocenters. The average Bonchev–Trinajstić information content (AvgIpc) is 2.60. The van der Waals surface area contributed by atoms with Crippen LogP contribution in [0.5, 0.6) is 23.0 Å². The molecule has 0 atom stereocenters. The highest BCUT2D eigenvalue weighted by Crippen LogP contribution is 2.34. The number of ether oxygens (including phenoxy) is 3. The smallest absolute Gasteiger partial charge is 0.189 e. The van der Waals surface area contributed by atoms with Crippen molar-refractivity contribution in [1.82, 2.24) is 0 Å². The zero-order valence-corrected chi connectivity index (χ0v) is 16.1. The Morgan fingerprint density at radius 3 is 2.28 bits per heavy atom. The number of phenolic OH excluding ortho intramolecular Hbond substituents is 1. The SMILES string of the molecule is COc1cc(C=CC(=O)c2cc(Cl)c(OC)cc2OC)c(Br)cc1O. The lowest BCUT2D eigenvalue weighted by molar-refractivity contribution is 0.104. The zero-order chi connectivity index (χ0) is 18.6. The first-order chi connectivity index (χ1) is 11.9. The molecule has 0 amide bonds. The maximum Gasteiger partial charge on any atom is 0.189 e. The number of hydrogen-bond acceptors (Lipinski definition) is 5. The van der Waals surface area contributed by atoms with Crippen molar-refractivity contribution in [1.29, 1.82) is 0 Å². The number of halogens is 2. The minimum atomic E-state index is -0.291. The van der Waals surface area contributed by atoms with Crippen molar-refractivity contribution in [2.75, 3.05) is 21.3 Å². The summed E-state index contributed by atoms with van der Waals surface area (Å²) >= 11 is 9.43. The fourth-order valence-electron chi connectivity index (χ4n) is 2.16. The van der Waals surface area contributed by atoms with E-state index < -0.39 is 0 Å². The van der Waals surface area contributed by atoms with Gasteiger partial charge in [0.05, 0.1) is 31.9 Å². The standard InChI is InChI=1S/C18H16BrClO5/c1-23-16-9-17(24-2)13(20)7-11(16)14(21)5-4-10-6-18(25-3)15(22)8-12(10)19/h4-9,22H,1-3H3. The molecule has 0 saturated heterocycles. The van der Waals surface area contributed by atoms with Crippen molar-refractivity contribution in [2.24, 2.45) is 0 Å². The van der Waals surface area contributed by atoms with E-state index in [2.05, 4.69) is 15.9 Å². The summed E-state index contributed by atoms with van der Waals surface area (Å²) in [5.74, 6) is 0.797. The minimum Gasteiger partial charge on any atom is -0.504 e. The van der Waals surface area contributed by atoms with Gasteiger partial charge in [0.25, 0.3) is 0 Å². The van der Waals surface area contributed by atoms with E-state index in [1.807, 2.05) is 0 Å². The van der Waals surface area contributed by atoms with Crippen LogP contribution in [0.3, 0.4) is 0 Å². The lowest BCUT2D eigenvalue weighted by Gasteiger charge is -2.10. The molecule has 0 fully saturated rings. The summed E-state index contributed by atoms with van der Waals surface area (Å²) in [4.78, 5) is 12.5. The fourth-order valence-corrected chi connectivity index (χ4v) is 2.86.